The van der Waals surface area contributed by atoms with Gasteiger partial charge in [0.15, 0.2) is 0 Å². The minimum absolute atomic E-state index is 0.312. The number of carbonyl (C=O) groups is 2. The van der Waals surface area contributed by atoms with Crippen molar-refractivity contribution >= 4 is 29.6 Å². The lowest BCUT2D eigenvalue weighted by molar-refractivity contribution is -0.299. The molecule has 0 heterocycles. The molecule has 0 atom stereocenters. The maximum absolute atomic E-state index is 12.1. The number of aliphatic carboxylic acids is 1. The van der Waals surface area contributed by atoms with Gasteiger partial charge in [0.25, 0.3) is 5.91 Å². The van der Waals surface area contributed by atoms with Gasteiger partial charge in [-0.05, 0) is 42.8 Å². The number of rotatable bonds is 4. The molecule has 0 spiro atoms. The Balaban J connectivity index is 2.21. The maximum atomic E-state index is 12.1. The molecule has 4 nitrogen and oxygen atoms in total. The Labute approximate surface area is 133 Å². The second-order valence-electron chi connectivity index (χ2n) is 4.72. The quantitative estimate of drug-likeness (QED) is 0.879. The Morgan fingerprint density at radius 2 is 1.64 bits per heavy atom. The van der Waals surface area contributed by atoms with Crippen LogP contribution >= 0.6 is 11.6 Å². The second kappa shape index (κ2) is 6.91. The SMILES string of the molecule is Cc1ccc(C(=O)NC(=Cc2ccc(Cl)cc2)C(=O)[O-])cc1. The predicted molar refractivity (Wildman–Crippen MR) is 83.1 cm³/mol. The minimum Gasteiger partial charge on any atom is -0.543 e. The van der Waals surface area contributed by atoms with Gasteiger partial charge in [0.05, 0.1) is 11.7 Å². The summed E-state index contributed by atoms with van der Waals surface area (Å²) in [6, 6.07) is 13.3. The van der Waals surface area contributed by atoms with Crippen molar-refractivity contribution in [3.63, 3.8) is 0 Å². The van der Waals surface area contributed by atoms with Crippen LogP contribution in [0.4, 0.5) is 0 Å². The predicted octanol–water partition coefficient (Wildman–Crippen LogP) is 2.17. The van der Waals surface area contributed by atoms with Crippen molar-refractivity contribution < 1.29 is 14.7 Å². The van der Waals surface area contributed by atoms with Crippen molar-refractivity contribution in [1.29, 1.82) is 0 Å². The zero-order valence-electron chi connectivity index (χ0n) is 11.8. The summed E-state index contributed by atoms with van der Waals surface area (Å²) in [5.41, 5.74) is 1.66. The van der Waals surface area contributed by atoms with Gasteiger partial charge in [0.2, 0.25) is 0 Å². The van der Waals surface area contributed by atoms with E-state index in [2.05, 4.69) is 5.32 Å². The molecule has 0 fully saturated rings. The molecule has 0 aliphatic heterocycles. The van der Waals surface area contributed by atoms with Crippen LogP contribution in [0.2, 0.25) is 5.02 Å². The third kappa shape index (κ3) is 4.20. The normalized spacial score (nSPS) is 11.1. The first-order valence-corrected chi connectivity index (χ1v) is 6.90. The first-order chi connectivity index (χ1) is 10.5. The summed E-state index contributed by atoms with van der Waals surface area (Å²) in [7, 11) is 0. The number of carbonyl (C=O) groups excluding carboxylic acids is 2. The summed E-state index contributed by atoms with van der Waals surface area (Å²) in [5.74, 6) is -1.97. The van der Waals surface area contributed by atoms with E-state index in [0.29, 0.717) is 16.1 Å². The highest BCUT2D eigenvalue weighted by Crippen LogP contribution is 2.12. The first-order valence-electron chi connectivity index (χ1n) is 6.52. The molecule has 0 bridgehead atoms. The van der Waals surface area contributed by atoms with Gasteiger partial charge in [-0.25, -0.2) is 0 Å². The maximum Gasteiger partial charge on any atom is 0.255 e. The molecule has 2 rings (SSSR count). The largest absolute Gasteiger partial charge is 0.543 e. The molecule has 1 amide bonds. The van der Waals surface area contributed by atoms with Gasteiger partial charge in [0, 0.05) is 10.6 Å². The summed E-state index contributed by atoms with van der Waals surface area (Å²) in [6.07, 6.45) is 1.32. The number of carboxylic acid groups (broad SMARTS) is 1. The zero-order chi connectivity index (χ0) is 16.1. The Kier molecular flexibility index (Phi) is 4.96. The van der Waals surface area contributed by atoms with E-state index in [-0.39, 0.29) is 5.70 Å². The second-order valence-corrected chi connectivity index (χ2v) is 5.15. The highest BCUT2D eigenvalue weighted by molar-refractivity contribution is 6.30. The summed E-state index contributed by atoms with van der Waals surface area (Å²) in [4.78, 5) is 23.2. The number of aryl methyl sites for hydroxylation is 1. The highest BCUT2D eigenvalue weighted by Gasteiger charge is 2.08. The number of amides is 1. The van der Waals surface area contributed by atoms with Crippen LogP contribution < -0.4 is 10.4 Å². The molecular formula is C17H13ClNO3-. The first kappa shape index (κ1) is 15.8. The Hall–Kier alpha value is -2.59. The van der Waals surface area contributed by atoms with Crippen LogP contribution in [-0.4, -0.2) is 11.9 Å². The lowest BCUT2D eigenvalue weighted by Crippen LogP contribution is -2.35. The van der Waals surface area contributed by atoms with Crippen LogP contribution in [0.3, 0.4) is 0 Å². The van der Waals surface area contributed by atoms with Crippen molar-refractivity contribution in [1.82, 2.24) is 5.32 Å². The minimum atomic E-state index is -1.46. The number of halogens is 1. The average molecular weight is 315 g/mol. The van der Waals surface area contributed by atoms with Crippen LogP contribution in [-0.2, 0) is 4.79 Å². The van der Waals surface area contributed by atoms with Gasteiger partial charge >= 0.3 is 0 Å². The van der Waals surface area contributed by atoms with Gasteiger partial charge in [-0.15, -0.1) is 0 Å². The molecule has 2 aromatic carbocycles. The van der Waals surface area contributed by atoms with Gasteiger partial charge in [-0.1, -0.05) is 41.4 Å². The van der Waals surface area contributed by atoms with Crippen LogP contribution in [0.1, 0.15) is 21.5 Å². The van der Waals surface area contributed by atoms with E-state index in [4.69, 9.17) is 11.6 Å². The van der Waals surface area contributed by atoms with Gasteiger partial charge in [0.1, 0.15) is 0 Å². The Bertz CT molecular complexity index is 719. The summed E-state index contributed by atoms with van der Waals surface area (Å²) in [5, 5.41) is 14.1. The molecule has 112 valence electrons. The van der Waals surface area contributed by atoms with Crippen molar-refractivity contribution in [2.75, 3.05) is 0 Å². The zero-order valence-corrected chi connectivity index (χ0v) is 12.6. The Morgan fingerprint density at radius 3 is 2.18 bits per heavy atom. The van der Waals surface area contributed by atoms with Crippen LogP contribution in [0.25, 0.3) is 6.08 Å². The molecule has 0 radical (unpaired) electrons. The van der Waals surface area contributed by atoms with Gasteiger partial charge in [-0.2, -0.15) is 0 Å². The van der Waals surface area contributed by atoms with Crippen molar-refractivity contribution in [2.45, 2.75) is 6.92 Å². The van der Waals surface area contributed by atoms with Crippen LogP contribution in [0, 0.1) is 6.92 Å². The molecule has 0 aliphatic rings. The van der Waals surface area contributed by atoms with Crippen LogP contribution in [0.15, 0.2) is 54.2 Å². The number of hydrogen-bond donors (Lipinski definition) is 1. The number of nitrogens with one attached hydrogen (secondary N) is 1. The van der Waals surface area contributed by atoms with E-state index in [9.17, 15) is 14.7 Å². The standard InChI is InChI=1S/C17H14ClNO3/c1-11-2-6-13(7-3-11)16(20)19-15(17(21)22)10-12-4-8-14(18)9-5-12/h2-10H,1H3,(H,19,20)(H,21,22)/p-1. The monoisotopic (exact) mass is 314 g/mol. The van der Waals surface area contributed by atoms with Gasteiger partial charge in [-0.3, -0.25) is 4.79 Å². The topological polar surface area (TPSA) is 69.2 Å². The molecule has 5 heteroatoms. The van der Waals surface area contributed by atoms with Gasteiger partial charge < -0.3 is 15.2 Å². The van der Waals surface area contributed by atoms with E-state index < -0.39 is 11.9 Å². The van der Waals surface area contributed by atoms with Crippen molar-refractivity contribution in [2.24, 2.45) is 0 Å². The molecule has 0 aliphatic carbocycles. The average Bonchev–Trinajstić information content (AvgIpc) is 2.49. The fourth-order valence-electron chi connectivity index (χ4n) is 1.77. The van der Waals surface area contributed by atoms with E-state index in [1.807, 2.05) is 6.92 Å². The number of carboxylic acids is 1. The molecule has 0 unspecified atom stereocenters. The summed E-state index contributed by atoms with van der Waals surface area (Å²) in [6.45, 7) is 1.90. The molecule has 2 aromatic rings. The van der Waals surface area contributed by atoms with E-state index in [1.54, 1.807) is 48.5 Å². The van der Waals surface area contributed by atoms with E-state index in [1.165, 1.54) is 6.08 Å². The molecule has 1 N–H and O–H groups in total. The highest BCUT2D eigenvalue weighted by atomic mass is 35.5. The fourth-order valence-corrected chi connectivity index (χ4v) is 1.90. The molecule has 0 saturated heterocycles. The lowest BCUT2D eigenvalue weighted by atomic mass is 10.1. The number of benzene rings is 2. The molecular weight excluding hydrogens is 302 g/mol. The Morgan fingerprint density at radius 1 is 1.05 bits per heavy atom. The third-order valence-corrected chi connectivity index (χ3v) is 3.21. The fraction of sp³-hybridized carbons (Fsp3) is 0.0588. The third-order valence-electron chi connectivity index (χ3n) is 2.96. The van der Waals surface area contributed by atoms with E-state index in [0.717, 1.165) is 5.56 Å². The van der Waals surface area contributed by atoms with Crippen LogP contribution in [0.5, 0.6) is 0 Å². The molecule has 0 aromatic heterocycles. The summed E-state index contributed by atoms with van der Waals surface area (Å²) >= 11 is 5.77. The number of hydrogen-bond acceptors (Lipinski definition) is 3. The lowest BCUT2D eigenvalue weighted by Gasteiger charge is -2.11. The molecule has 0 saturated carbocycles. The van der Waals surface area contributed by atoms with Crippen molar-refractivity contribution in [3.8, 4) is 0 Å². The van der Waals surface area contributed by atoms with Crippen molar-refractivity contribution in [3.05, 3.63) is 75.9 Å². The molecule has 22 heavy (non-hydrogen) atoms. The van der Waals surface area contributed by atoms with E-state index >= 15 is 0 Å². The summed E-state index contributed by atoms with van der Waals surface area (Å²) < 4.78 is 0. The smallest absolute Gasteiger partial charge is 0.255 e.